The third kappa shape index (κ3) is 2.94. The summed E-state index contributed by atoms with van der Waals surface area (Å²) in [6.07, 6.45) is 0.738. The molecule has 1 N–H and O–H groups in total. The van der Waals surface area contributed by atoms with Crippen LogP contribution in [0.4, 0.5) is 8.78 Å². The Bertz CT molecular complexity index is 832. The van der Waals surface area contributed by atoms with Gasteiger partial charge in [0.15, 0.2) is 11.6 Å². The number of aryl methyl sites for hydroxylation is 1. The number of carbonyl (C=O) groups is 1. The van der Waals surface area contributed by atoms with Crippen molar-refractivity contribution in [3.05, 3.63) is 52.2 Å². The van der Waals surface area contributed by atoms with Gasteiger partial charge < -0.3 is 10.0 Å². The largest absolute Gasteiger partial charge is 0.391 e. The predicted molar refractivity (Wildman–Crippen MR) is 78.9 cm³/mol. The molecular formula is C15H16F2N4O3. The Morgan fingerprint density at radius 3 is 2.75 bits per heavy atom. The summed E-state index contributed by atoms with van der Waals surface area (Å²) in [5.41, 5.74) is -0.0420. The van der Waals surface area contributed by atoms with Crippen molar-refractivity contribution in [2.24, 2.45) is 7.05 Å². The van der Waals surface area contributed by atoms with E-state index in [9.17, 15) is 23.5 Å². The highest BCUT2D eigenvalue weighted by atomic mass is 19.2. The Morgan fingerprint density at radius 1 is 1.38 bits per heavy atom. The molecule has 1 fully saturated rings. The number of halogens is 2. The van der Waals surface area contributed by atoms with Crippen molar-refractivity contribution in [3.8, 4) is 0 Å². The molecule has 0 saturated carbocycles. The van der Waals surface area contributed by atoms with E-state index >= 15 is 0 Å². The van der Waals surface area contributed by atoms with Gasteiger partial charge in [-0.25, -0.2) is 18.3 Å². The van der Waals surface area contributed by atoms with Crippen LogP contribution in [0.3, 0.4) is 0 Å². The van der Waals surface area contributed by atoms with Gasteiger partial charge in [0.05, 0.1) is 12.1 Å². The van der Waals surface area contributed by atoms with E-state index in [-0.39, 0.29) is 19.5 Å². The van der Waals surface area contributed by atoms with Crippen LogP contribution in [0.1, 0.15) is 18.0 Å². The van der Waals surface area contributed by atoms with Gasteiger partial charge in [0.25, 0.3) is 0 Å². The average Bonchev–Trinajstić information content (AvgIpc) is 3.07. The SMILES string of the molecule is Cn1cnn(CC(=O)N2C[C@H](O)C[C@@H]2c2ccc(F)c(F)c2)c1=O. The summed E-state index contributed by atoms with van der Waals surface area (Å²) < 4.78 is 28.8. The molecule has 24 heavy (non-hydrogen) atoms. The molecule has 0 bridgehead atoms. The molecular weight excluding hydrogens is 322 g/mol. The minimum atomic E-state index is -1.01. The van der Waals surface area contributed by atoms with Crippen LogP contribution in [0.5, 0.6) is 0 Å². The normalized spacial score (nSPS) is 20.6. The van der Waals surface area contributed by atoms with Gasteiger partial charge >= 0.3 is 5.69 Å². The molecule has 7 nitrogen and oxygen atoms in total. The number of β-amino-alcohol motifs (C(OH)–C–C–N with tert-alkyl or cyclic N) is 1. The van der Waals surface area contributed by atoms with E-state index in [4.69, 9.17) is 0 Å². The molecule has 1 aliphatic rings. The Labute approximate surface area is 135 Å². The number of aromatic nitrogens is 3. The van der Waals surface area contributed by atoms with Gasteiger partial charge in [-0.05, 0) is 24.1 Å². The average molecular weight is 338 g/mol. The van der Waals surface area contributed by atoms with E-state index in [0.29, 0.717) is 5.56 Å². The van der Waals surface area contributed by atoms with E-state index in [1.54, 1.807) is 0 Å². The molecule has 9 heteroatoms. The zero-order valence-electron chi connectivity index (χ0n) is 12.9. The maximum atomic E-state index is 13.5. The predicted octanol–water partition coefficient (Wildman–Crippen LogP) is 0.194. The fourth-order valence-electron chi connectivity index (χ4n) is 2.87. The van der Waals surface area contributed by atoms with E-state index in [1.807, 2.05) is 0 Å². The molecule has 1 aromatic carbocycles. The number of amides is 1. The molecule has 1 saturated heterocycles. The smallest absolute Gasteiger partial charge is 0.345 e. The highest BCUT2D eigenvalue weighted by Crippen LogP contribution is 2.33. The van der Waals surface area contributed by atoms with E-state index in [2.05, 4.69) is 5.10 Å². The van der Waals surface area contributed by atoms with Crippen molar-refractivity contribution >= 4 is 5.91 Å². The van der Waals surface area contributed by atoms with Crippen LogP contribution in [0.2, 0.25) is 0 Å². The van der Waals surface area contributed by atoms with Gasteiger partial charge in [0, 0.05) is 13.6 Å². The minimum Gasteiger partial charge on any atom is -0.391 e. The summed E-state index contributed by atoms with van der Waals surface area (Å²) in [6.45, 7) is -0.226. The molecule has 0 unspecified atom stereocenters. The van der Waals surface area contributed by atoms with Crippen molar-refractivity contribution < 1.29 is 18.7 Å². The summed E-state index contributed by atoms with van der Waals surface area (Å²) in [4.78, 5) is 25.6. The first-order valence-electron chi connectivity index (χ1n) is 7.37. The Balaban J connectivity index is 1.84. The van der Waals surface area contributed by atoms with Crippen molar-refractivity contribution in [1.82, 2.24) is 19.2 Å². The number of rotatable bonds is 3. The lowest BCUT2D eigenvalue weighted by molar-refractivity contribution is -0.133. The zero-order valence-corrected chi connectivity index (χ0v) is 12.9. The van der Waals surface area contributed by atoms with Gasteiger partial charge in [-0.3, -0.25) is 9.36 Å². The number of hydrogen-bond acceptors (Lipinski definition) is 4. The lowest BCUT2D eigenvalue weighted by atomic mass is 10.0. The number of likely N-dealkylation sites (tertiary alicyclic amines) is 1. The Kier molecular flexibility index (Phi) is 4.18. The van der Waals surface area contributed by atoms with Crippen LogP contribution in [0.15, 0.2) is 29.3 Å². The second kappa shape index (κ2) is 6.16. The minimum absolute atomic E-state index is 0.0596. The molecule has 1 aliphatic heterocycles. The summed E-state index contributed by atoms with van der Waals surface area (Å²) in [5, 5.41) is 13.7. The number of nitrogens with zero attached hydrogens (tertiary/aromatic N) is 4. The van der Waals surface area contributed by atoms with Crippen LogP contribution >= 0.6 is 0 Å². The fraction of sp³-hybridized carbons (Fsp3) is 0.400. The first-order chi connectivity index (χ1) is 11.4. The van der Waals surface area contributed by atoms with Gasteiger partial charge in [0.2, 0.25) is 5.91 Å². The van der Waals surface area contributed by atoms with Crippen LogP contribution in [-0.2, 0) is 18.4 Å². The summed E-state index contributed by atoms with van der Waals surface area (Å²) in [7, 11) is 1.51. The molecule has 2 atom stereocenters. The lowest BCUT2D eigenvalue weighted by Gasteiger charge is -2.24. The number of benzene rings is 1. The number of hydrogen-bond donors (Lipinski definition) is 1. The second-order valence-electron chi connectivity index (χ2n) is 5.81. The summed E-state index contributed by atoms with van der Waals surface area (Å²) >= 11 is 0. The number of carbonyl (C=O) groups excluding carboxylic acids is 1. The number of aliphatic hydroxyl groups excluding tert-OH is 1. The lowest BCUT2D eigenvalue weighted by Crippen LogP contribution is -2.37. The Morgan fingerprint density at radius 2 is 2.12 bits per heavy atom. The molecule has 0 aliphatic carbocycles. The third-order valence-corrected chi connectivity index (χ3v) is 4.10. The van der Waals surface area contributed by atoms with Gasteiger partial charge in [0.1, 0.15) is 12.9 Å². The van der Waals surface area contributed by atoms with Crippen LogP contribution in [0.25, 0.3) is 0 Å². The maximum absolute atomic E-state index is 13.5. The summed E-state index contributed by atoms with van der Waals surface area (Å²) in [6, 6.07) is 2.81. The van der Waals surface area contributed by atoms with E-state index in [1.165, 1.54) is 28.9 Å². The van der Waals surface area contributed by atoms with Crippen molar-refractivity contribution in [1.29, 1.82) is 0 Å². The monoisotopic (exact) mass is 338 g/mol. The molecule has 1 amide bonds. The van der Waals surface area contributed by atoms with Crippen molar-refractivity contribution in [3.63, 3.8) is 0 Å². The highest BCUT2D eigenvalue weighted by Gasteiger charge is 2.35. The zero-order chi connectivity index (χ0) is 17.4. The molecule has 0 radical (unpaired) electrons. The van der Waals surface area contributed by atoms with Crippen molar-refractivity contribution in [2.45, 2.75) is 25.1 Å². The first-order valence-corrected chi connectivity index (χ1v) is 7.37. The molecule has 2 heterocycles. The highest BCUT2D eigenvalue weighted by molar-refractivity contribution is 5.77. The fourth-order valence-corrected chi connectivity index (χ4v) is 2.87. The topological polar surface area (TPSA) is 80.4 Å². The van der Waals surface area contributed by atoms with Crippen LogP contribution in [-0.4, -0.2) is 42.9 Å². The molecule has 128 valence electrons. The van der Waals surface area contributed by atoms with Crippen LogP contribution < -0.4 is 5.69 Å². The van der Waals surface area contributed by atoms with Crippen molar-refractivity contribution in [2.75, 3.05) is 6.54 Å². The van der Waals surface area contributed by atoms with Gasteiger partial charge in [-0.15, -0.1) is 0 Å². The molecule has 2 aromatic rings. The van der Waals surface area contributed by atoms with Gasteiger partial charge in [-0.1, -0.05) is 6.07 Å². The Hall–Kier alpha value is -2.55. The molecule has 3 rings (SSSR count). The first kappa shape index (κ1) is 16.3. The summed E-state index contributed by atoms with van der Waals surface area (Å²) in [5.74, 6) is -2.42. The van der Waals surface area contributed by atoms with Crippen LogP contribution in [0, 0.1) is 11.6 Å². The molecule has 0 spiro atoms. The van der Waals surface area contributed by atoms with E-state index in [0.717, 1.165) is 16.8 Å². The molecule has 1 aromatic heterocycles. The van der Waals surface area contributed by atoms with Gasteiger partial charge in [-0.2, -0.15) is 5.10 Å². The second-order valence-corrected chi connectivity index (χ2v) is 5.81. The quantitative estimate of drug-likeness (QED) is 0.867. The van der Waals surface area contributed by atoms with E-state index < -0.39 is 35.4 Å². The standard InChI is InChI=1S/C15H16F2N4O3/c1-19-8-18-21(15(19)24)7-14(23)20-6-10(22)5-13(20)9-2-3-11(16)12(17)4-9/h2-4,8,10,13,22H,5-7H2,1H3/t10-,13-/m1/s1. The maximum Gasteiger partial charge on any atom is 0.345 e. The number of aliphatic hydroxyl groups is 1. The third-order valence-electron chi connectivity index (χ3n) is 4.10.